The number of piperidine rings is 2. The average molecular weight is 513 g/mol. The number of carboxylic acids is 1. The molecule has 5 rings (SSSR count). The van der Waals surface area contributed by atoms with Gasteiger partial charge in [0.2, 0.25) is 0 Å². The fraction of sp³-hybridized carbons (Fsp3) is 0.407. The quantitative estimate of drug-likeness (QED) is 0.419. The molecule has 1 aromatic heterocycles. The maximum Gasteiger partial charge on any atom is 0.321 e. The molecule has 2 amide bonds. The van der Waals surface area contributed by atoms with Gasteiger partial charge in [0.25, 0.3) is 0 Å². The first-order valence-corrected chi connectivity index (χ1v) is 12.8. The van der Waals surface area contributed by atoms with Gasteiger partial charge in [0, 0.05) is 35.9 Å². The fourth-order valence-corrected chi connectivity index (χ4v) is 5.95. The second-order valence-corrected chi connectivity index (χ2v) is 10.2. The van der Waals surface area contributed by atoms with E-state index in [1.165, 1.54) is 29.1 Å². The third-order valence-electron chi connectivity index (χ3n) is 7.68. The molecule has 2 fully saturated rings. The Bertz CT molecular complexity index is 1250. The second kappa shape index (κ2) is 10.5. The van der Waals surface area contributed by atoms with Crippen molar-refractivity contribution in [1.82, 2.24) is 14.8 Å². The summed E-state index contributed by atoms with van der Waals surface area (Å²) in [6, 6.07) is 11.5. The molecule has 2 aliphatic rings. The number of anilines is 1. The number of urea groups is 1. The predicted octanol–water partition coefficient (Wildman–Crippen LogP) is 5.54. The summed E-state index contributed by atoms with van der Waals surface area (Å²) in [5.74, 6) is -0.932. The Balaban J connectivity index is 1.17. The van der Waals surface area contributed by atoms with Gasteiger partial charge in [-0.05, 0) is 80.4 Å². The molecule has 2 aliphatic heterocycles. The first-order valence-electron chi connectivity index (χ1n) is 12.4. The molecule has 3 N–H and O–H groups in total. The van der Waals surface area contributed by atoms with Gasteiger partial charge in [-0.3, -0.25) is 9.69 Å². The molecular formula is C27H30ClFN4O3. The van der Waals surface area contributed by atoms with Crippen LogP contribution >= 0.6 is 11.6 Å². The SMILES string of the molecule is O=C(O)C(C1CCN(C(=O)Nc2ccc(F)c(Cl)c2)CC1)N1CCC(c2c[nH]c3ccccc23)CC1. The molecule has 0 bridgehead atoms. The number of carboxylic acid groups (broad SMARTS) is 1. The summed E-state index contributed by atoms with van der Waals surface area (Å²) in [5.41, 5.74) is 2.88. The molecule has 3 heterocycles. The Morgan fingerprint density at radius 3 is 2.47 bits per heavy atom. The van der Waals surface area contributed by atoms with E-state index in [0.29, 0.717) is 37.5 Å². The van der Waals surface area contributed by atoms with Crippen molar-refractivity contribution < 1.29 is 19.1 Å². The number of aliphatic carboxylic acids is 1. The van der Waals surface area contributed by atoms with E-state index in [2.05, 4.69) is 39.6 Å². The van der Waals surface area contributed by atoms with Crippen LogP contribution in [0.25, 0.3) is 10.9 Å². The summed E-state index contributed by atoms with van der Waals surface area (Å²) >= 11 is 5.80. The summed E-state index contributed by atoms with van der Waals surface area (Å²) in [4.78, 5) is 32.1. The summed E-state index contributed by atoms with van der Waals surface area (Å²) < 4.78 is 13.4. The third-order valence-corrected chi connectivity index (χ3v) is 7.97. The minimum absolute atomic E-state index is 0.0172. The van der Waals surface area contributed by atoms with Crippen LogP contribution < -0.4 is 5.32 Å². The summed E-state index contributed by atoms with van der Waals surface area (Å²) in [6.07, 6.45) is 5.19. The van der Waals surface area contributed by atoms with Gasteiger partial charge >= 0.3 is 12.0 Å². The number of fused-ring (bicyclic) bond motifs is 1. The number of hydrogen-bond acceptors (Lipinski definition) is 3. The maximum atomic E-state index is 13.4. The number of likely N-dealkylation sites (tertiary alicyclic amines) is 2. The Kier molecular flexibility index (Phi) is 7.16. The van der Waals surface area contributed by atoms with E-state index in [0.717, 1.165) is 31.4 Å². The minimum atomic E-state index is -0.788. The maximum absolute atomic E-state index is 13.4. The van der Waals surface area contributed by atoms with Gasteiger partial charge < -0.3 is 20.3 Å². The summed E-state index contributed by atoms with van der Waals surface area (Å²) in [5, 5.41) is 14.0. The number of aromatic nitrogens is 1. The molecule has 9 heteroatoms. The van der Waals surface area contributed by atoms with Crippen LogP contribution in [0.3, 0.4) is 0 Å². The molecular weight excluding hydrogens is 483 g/mol. The lowest BCUT2D eigenvalue weighted by Gasteiger charge is -2.41. The zero-order chi connectivity index (χ0) is 25.2. The van der Waals surface area contributed by atoms with Crippen LogP contribution in [0, 0.1) is 11.7 Å². The number of nitrogens with one attached hydrogen (secondary N) is 2. The monoisotopic (exact) mass is 512 g/mol. The summed E-state index contributed by atoms with van der Waals surface area (Å²) in [6.45, 7) is 2.43. The molecule has 7 nitrogen and oxygen atoms in total. The molecule has 0 saturated carbocycles. The molecule has 1 atom stereocenters. The Hall–Kier alpha value is -3.10. The molecule has 36 heavy (non-hydrogen) atoms. The molecule has 3 aromatic rings. The zero-order valence-corrected chi connectivity index (χ0v) is 20.7. The number of H-pyrrole nitrogens is 1. The highest BCUT2D eigenvalue weighted by Gasteiger charge is 2.38. The van der Waals surface area contributed by atoms with Gasteiger partial charge in [0.15, 0.2) is 0 Å². The Labute approximate surface area is 214 Å². The number of nitrogens with zero attached hydrogens (tertiary/aromatic N) is 2. The number of rotatable bonds is 5. The van der Waals surface area contributed by atoms with Crippen LogP contribution in [0.2, 0.25) is 5.02 Å². The van der Waals surface area contributed by atoms with E-state index in [9.17, 15) is 19.1 Å². The van der Waals surface area contributed by atoms with Crippen LogP contribution in [0.15, 0.2) is 48.7 Å². The predicted molar refractivity (Wildman–Crippen MR) is 138 cm³/mol. The molecule has 0 aliphatic carbocycles. The lowest BCUT2D eigenvalue weighted by Crippen LogP contribution is -2.52. The van der Waals surface area contributed by atoms with Crippen molar-refractivity contribution in [2.45, 2.75) is 37.6 Å². The number of halogens is 2. The second-order valence-electron chi connectivity index (χ2n) is 9.77. The van der Waals surface area contributed by atoms with Crippen molar-refractivity contribution in [1.29, 1.82) is 0 Å². The highest BCUT2D eigenvalue weighted by atomic mass is 35.5. The third kappa shape index (κ3) is 5.06. The number of amides is 2. The molecule has 2 saturated heterocycles. The highest BCUT2D eigenvalue weighted by Crippen LogP contribution is 2.35. The lowest BCUT2D eigenvalue weighted by molar-refractivity contribution is -0.146. The van der Waals surface area contributed by atoms with E-state index in [4.69, 9.17) is 11.6 Å². The van der Waals surface area contributed by atoms with Gasteiger partial charge in [0.1, 0.15) is 11.9 Å². The van der Waals surface area contributed by atoms with E-state index >= 15 is 0 Å². The lowest BCUT2D eigenvalue weighted by atomic mass is 9.84. The van der Waals surface area contributed by atoms with E-state index in [-0.39, 0.29) is 17.0 Å². The average Bonchev–Trinajstić information content (AvgIpc) is 3.31. The van der Waals surface area contributed by atoms with Crippen molar-refractivity contribution in [3.05, 3.63) is 65.1 Å². The van der Waals surface area contributed by atoms with Crippen molar-refractivity contribution in [3.8, 4) is 0 Å². The highest BCUT2D eigenvalue weighted by molar-refractivity contribution is 6.31. The molecule has 0 spiro atoms. The number of aromatic amines is 1. The number of carbonyl (C=O) groups excluding carboxylic acids is 1. The standard InChI is InChI=1S/C27H30ClFN4O3/c28-22-15-19(5-6-23(22)29)31-27(36)33-13-9-18(10-14-33)25(26(34)35)32-11-7-17(8-12-32)21-16-30-24-4-2-1-3-20(21)24/h1-6,15-18,25,30H,7-14H2,(H,31,36)(H,34,35). The zero-order valence-electron chi connectivity index (χ0n) is 19.9. The first kappa shape index (κ1) is 24.6. The van der Waals surface area contributed by atoms with Gasteiger partial charge in [-0.2, -0.15) is 0 Å². The molecule has 1 unspecified atom stereocenters. The van der Waals surface area contributed by atoms with Gasteiger partial charge in [-0.15, -0.1) is 0 Å². The van der Waals surface area contributed by atoms with E-state index in [1.54, 1.807) is 4.90 Å². The molecule has 0 radical (unpaired) electrons. The number of carbonyl (C=O) groups is 2. The van der Waals surface area contributed by atoms with Gasteiger partial charge in [-0.1, -0.05) is 29.8 Å². The van der Waals surface area contributed by atoms with Crippen molar-refractivity contribution in [2.75, 3.05) is 31.5 Å². The van der Waals surface area contributed by atoms with Crippen LogP contribution in [0.1, 0.15) is 37.2 Å². The van der Waals surface area contributed by atoms with Crippen molar-refractivity contribution in [3.63, 3.8) is 0 Å². The van der Waals surface area contributed by atoms with Gasteiger partial charge in [-0.25, -0.2) is 9.18 Å². The smallest absolute Gasteiger partial charge is 0.321 e. The Morgan fingerprint density at radius 2 is 1.78 bits per heavy atom. The largest absolute Gasteiger partial charge is 0.480 e. The van der Waals surface area contributed by atoms with E-state index in [1.807, 2.05) is 6.07 Å². The first-order chi connectivity index (χ1) is 17.4. The minimum Gasteiger partial charge on any atom is -0.480 e. The van der Waals surface area contributed by atoms with Crippen LogP contribution in [-0.2, 0) is 4.79 Å². The molecule has 2 aromatic carbocycles. The number of hydrogen-bond donors (Lipinski definition) is 3. The Morgan fingerprint density at radius 1 is 1.06 bits per heavy atom. The van der Waals surface area contributed by atoms with Gasteiger partial charge in [0.05, 0.1) is 5.02 Å². The van der Waals surface area contributed by atoms with Crippen molar-refractivity contribution >= 4 is 40.2 Å². The topological polar surface area (TPSA) is 88.7 Å². The number of benzene rings is 2. The van der Waals surface area contributed by atoms with Crippen LogP contribution in [0.4, 0.5) is 14.9 Å². The fourth-order valence-electron chi connectivity index (χ4n) is 5.77. The normalized spacial score (nSPS) is 18.9. The van der Waals surface area contributed by atoms with E-state index < -0.39 is 17.8 Å². The number of para-hydroxylation sites is 1. The van der Waals surface area contributed by atoms with Crippen molar-refractivity contribution in [2.24, 2.45) is 5.92 Å². The van der Waals surface area contributed by atoms with Crippen LogP contribution in [0.5, 0.6) is 0 Å². The summed E-state index contributed by atoms with van der Waals surface area (Å²) in [7, 11) is 0. The molecule has 190 valence electrons. The van der Waals surface area contributed by atoms with Crippen LogP contribution in [-0.4, -0.2) is 64.1 Å².